The van der Waals surface area contributed by atoms with Crippen molar-refractivity contribution in [1.82, 2.24) is 0 Å². The van der Waals surface area contributed by atoms with Crippen LogP contribution in [0.3, 0.4) is 0 Å². The first kappa shape index (κ1) is 13.1. The minimum Gasteiger partial charge on any atom is -0.485 e. The molecule has 0 spiro atoms. The van der Waals surface area contributed by atoms with Crippen LogP contribution in [0.1, 0.15) is 28.9 Å². The molecule has 0 fully saturated rings. The molecule has 0 saturated heterocycles. The Morgan fingerprint density at radius 1 is 1.00 bits per heavy atom. The van der Waals surface area contributed by atoms with Crippen molar-refractivity contribution in [2.45, 2.75) is 13.0 Å². The van der Waals surface area contributed by atoms with E-state index < -0.39 is 6.10 Å². The van der Waals surface area contributed by atoms with Crippen LogP contribution < -0.4 is 0 Å². The first-order chi connectivity index (χ1) is 9.33. The second-order valence-electron chi connectivity index (χ2n) is 4.13. The lowest BCUT2D eigenvalue weighted by atomic mass is 10.00. The predicted molar refractivity (Wildman–Crippen MR) is 75.9 cm³/mol. The molecule has 0 aliphatic carbocycles. The summed E-state index contributed by atoms with van der Waals surface area (Å²) in [7, 11) is 0. The highest BCUT2D eigenvalue weighted by molar-refractivity contribution is 6.00. The van der Waals surface area contributed by atoms with Crippen molar-refractivity contribution in [1.29, 1.82) is 0 Å². The molecule has 2 rings (SSSR count). The maximum atomic E-state index is 12.5. The summed E-state index contributed by atoms with van der Waals surface area (Å²) in [4.78, 5) is 12.5. The molecule has 0 aliphatic heterocycles. The third-order valence-corrected chi connectivity index (χ3v) is 2.75. The van der Waals surface area contributed by atoms with Gasteiger partial charge in [0.2, 0.25) is 5.78 Å². The van der Waals surface area contributed by atoms with Crippen LogP contribution in [0.4, 0.5) is 0 Å². The molecule has 1 atom stereocenters. The third-order valence-electron chi connectivity index (χ3n) is 2.75. The lowest BCUT2D eigenvalue weighted by Gasteiger charge is -2.16. The lowest BCUT2D eigenvalue weighted by Crippen LogP contribution is -2.14. The molecule has 2 heteroatoms. The van der Waals surface area contributed by atoms with Crippen molar-refractivity contribution in [2.75, 3.05) is 0 Å². The average molecular weight is 252 g/mol. The maximum absolute atomic E-state index is 12.5. The number of hydrogen-bond donors (Lipinski definition) is 0. The van der Waals surface area contributed by atoms with Crippen LogP contribution >= 0.6 is 0 Å². The Bertz CT molecular complexity index is 544. The van der Waals surface area contributed by atoms with Gasteiger partial charge in [-0.3, -0.25) is 4.79 Å². The number of rotatable bonds is 5. The maximum Gasteiger partial charge on any atom is 0.207 e. The highest BCUT2D eigenvalue weighted by atomic mass is 16.5. The van der Waals surface area contributed by atoms with Crippen molar-refractivity contribution in [3.63, 3.8) is 0 Å². The van der Waals surface area contributed by atoms with Crippen LogP contribution in [0.2, 0.25) is 0 Å². The zero-order valence-electron chi connectivity index (χ0n) is 10.8. The summed E-state index contributed by atoms with van der Waals surface area (Å²) < 4.78 is 5.56. The van der Waals surface area contributed by atoms with Gasteiger partial charge in [-0.25, -0.2) is 0 Å². The number of ether oxygens (including phenoxy) is 1. The summed E-state index contributed by atoms with van der Waals surface area (Å²) in [6, 6.07) is 18.7. The Hall–Kier alpha value is -2.35. The molecule has 0 N–H and O–H groups in total. The Morgan fingerprint density at radius 2 is 1.58 bits per heavy atom. The summed E-state index contributed by atoms with van der Waals surface area (Å²) in [5.74, 6) is -0.0371. The third kappa shape index (κ3) is 3.32. The average Bonchev–Trinajstić information content (AvgIpc) is 2.49. The molecule has 2 nitrogen and oxygen atoms in total. The van der Waals surface area contributed by atoms with Gasteiger partial charge in [-0.1, -0.05) is 66.7 Å². The number of ketones is 1. The van der Waals surface area contributed by atoms with E-state index in [1.54, 1.807) is 24.5 Å². The molecule has 2 aromatic rings. The van der Waals surface area contributed by atoms with Crippen LogP contribution in [-0.2, 0) is 4.74 Å². The van der Waals surface area contributed by atoms with Gasteiger partial charge in [-0.05, 0) is 6.92 Å². The summed E-state index contributed by atoms with van der Waals surface area (Å²) >= 11 is 0. The van der Waals surface area contributed by atoms with Crippen LogP contribution in [-0.4, -0.2) is 5.78 Å². The first-order valence-electron chi connectivity index (χ1n) is 6.23. The smallest absolute Gasteiger partial charge is 0.207 e. The minimum atomic E-state index is -0.597. The Labute approximate surface area is 113 Å². The Balaban J connectivity index is 2.31. The largest absolute Gasteiger partial charge is 0.485 e. The molecule has 2 aromatic carbocycles. The number of Topliss-reactive ketones (excluding diaryl/α,β-unsaturated/α-hetero) is 1. The fourth-order valence-corrected chi connectivity index (χ4v) is 1.83. The Morgan fingerprint density at radius 3 is 2.16 bits per heavy atom. The fourth-order valence-electron chi connectivity index (χ4n) is 1.83. The quantitative estimate of drug-likeness (QED) is 0.590. The van der Waals surface area contributed by atoms with Gasteiger partial charge in [0.25, 0.3) is 0 Å². The zero-order valence-corrected chi connectivity index (χ0v) is 10.8. The van der Waals surface area contributed by atoms with Crippen LogP contribution in [0.25, 0.3) is 0 Å². The van der Waals surface area contributed by atoms with Gasteiger partial charge in [0.05, 0.1) is 6.26 Å². The second kappa shape index (κ2) is 6.55. The number of hydrogen-bond acceptors (Lipinski definition) is 2. The highest BCUT2D eigenvalue weighted by Gasteiger charge is 2.22. The summed E-state index contributed by atoms with van der Waals surface area (Å²) in [5, 5.41) is 0. The predicted octanol–water partition coefficient (Wildman–Crippen LogP) is 4.16. The molecular weight excluding hydrogens is 236 g/mol. The molecule has 96 valence electrons. The molecule has 0 bridgehead atoms. The molecule has 0 aliphatic rings. The summed E-state index contributed by atoms with van der Waals surface area (Å²) in [5.41, 5.74) is 1.51. The van der Waals surface area contributed by atoms with Crippen molar-refractivity contribution in [3.05, 3.63) is 84.1 Å². The van der Waals surface area contributed by atoms with Gasteiger partial charge < -0.3 is 4.74 Å². The van der Waals surface area contributed by atoms with Crippen LogP contribution in [0, 0.1) is 0 Å². The summed E-state index contributed by atoms with van der Waals surface area (Å²) in [6.07, 6.45) is 2.73. The van der Waals surface area contributed by atoms with E-state index in [-0.39, 0.29) is 5.78 Å². The van der Waals surface area contributed by atoms with Gasteiger partial charge in [0, 0.05) is 11.1 Å². The molecule has 19 heavy (non-hydrogen) atoms. The molecule has 0 aromatic heterocycles. The van der Waals surface area contributed by atoms with E-state index in [2.05, 4.69) is 0 Å². The van der Waals surface area contributed by atoms with Crippen molar-refractivity contribution >= 4 is 5.78 Å². The van der Waals surface area contributed by atoms with Crippen LogP contribution in [0.5, 0.6) is 0 Å². The topological polar surface area (TPSA) is 26.3 Å². The zero-order chi connectivity index (χ0) is 13.5. The van der Waals surface area contributed by atoms with E-state index in [1.165, 1.54) is 0 Å². The van der Waals surface area contributed by atoms with E-state index in [0.29, 0.717) is 5.56 Å². The minimum absolute atomic E-state index is 0.0371. The highest BCUT2D eigenvalue weighted by Crippen LogP contribution is 2.22. The van der Waals surface area contributed by atoms with Gasteiger partial charge in [-0.2, -0.15) is 0 Å². The number of carbonyl (C=O) groups is 1. The second-order valence-corrected chi connectivity index (χ2v) is 4.13. The van der Waals surface area contributed by atoms with Gasteiger partial charge in [0.15, 0.2) is 6.10 Å². The number of allylic oxidation sites excluding steroid dienone is 1. The SMILES string of the molecule is CC=COC(C(=O)c1ccccc1)c1ccccc1. The van der Waals surface area contributed by atoms with Gasteiger partial charge in [-0.15, -0.1) is 0 Å². The van der Waals surface area contributed by atoms with Crippen molar-refractivity contribution in [2.24, 2.45) is 0 Å². The van der Waals surface area contributed by atoms with E-state index in [4.69, 9.17) is 4.74 Å². The standard InChI is InChI=1S/C17H16O2/c1-2-13-19-17(15-11-7-4-8-12-15)16(18)14-9-5-3-6-10-14/h2-13,17H,1H3. The van der Waals surface area contributed by atoms with Crippen molar-refractivity contribution < 1.29 is 9.53 Å². The van der Waals surface area contributed by atoms with E-state index in [1.807, 2.05) is 55.5 Å². The molecule has 1 unspecified atom stereocenters. The molecule has 0 heterocycles. The Kier molecular flexibility index (Phi) is 4.51. The monoisotopic (exact) mass is 252 g/mol. The molecule has 0 saturated carbocycles. The number of carbonyl (C=O) groups excluding carboxylic acids is 1. The lowest BCUT2D eigenvalue weighted by molar-refractivity contribution is 0.0704. The van der Waals surface area contributed by atoms with E-state index >= 15 is 0 Å². The van der Waals surface area contributed by atoms with E-state index in [0.717, 1.165) is 5.56 Å². The number of benzene rings is 2. The molecule has 0 radical (unpaired) electrons. The first-order valence-corrected chi connectivity index (χ1v) is 6.23. The van der Waals surface area contributed by atoms with Gasteiger partial charge >= 0.3 is 0 Å². The normalized spacial score (nSPS) is 12.3. The molecular formula is C17H16O2. The van der Waals surface area contributed by atoms with Crippen molar-refractivity contribution in [3.8, 4) is 0 Å². The van der Waals surface area contributed by atoms with Gasteiger partial charge in [0.1, 0.15) is 0 Å². The fraction of sp³-hybridized carbons (Fsp3) is 0.118. The van der Waals surface area contributed by atoms with Crippen LogP contribution in [0.15, 0.2) is 73.0 Å². The summed E-state index contributed by atoms with van der Waals surface area (Å²) in [6.45, 7) is 1.86. The van der Waals surface area contributed by atoms with E-state index in [9.17, 15) is 4.79 Å². The molecule has 0 amide bonds.